The highest BCUT2D eigenvalue weighted by atomic mass is 35.5. The molecule has 0 saturated carbocycles. The van der Waals surface area contributed by atoms with Crippen LogP contribution in [-0.4, -0.2) is 33.0 Å². The van der Waals surface area contributed by atoms with Gasteiger partial charge in [0, 0.05) is 18.3 Å². The summed E-state index contributed by atoms with van der Waals surface area (Å²) in [5, 5.41) is 3.64. The Hall–Kier alpha value is -0.270. The molecule has 1 aromatic carbocycles. The summed E-state index contributed by atoms with van der Waals surface area (Å²) in [7, 11) is -1.73. The average molecular weight is 349 g/mol. The molecule has 7 heteroatoms. The molecule has 0 aliphatic carbocycles. The Morgan fingerprint density at radius 3 is 2.86 bits per heavy atom. The van der Waals surface area contributed by atoms with Crippen LogP contribution in [0.15, 0.2) is 23.1 Å². The van der Waals surface area contributed by atoms with Crippen molar-refractivity contribution in [3.8, 4) is 0 Å². The van der Waals surface area contributed by atoms with Crippen molar-refractivity contribution >= 4 is 33.4 Å². The molecule has 1 saturated heterocycles. The zero-order chi connectivity index (χ0) is 15.3. The molecule has 1 aliphatic heterocycles. The van der Waals surface area contributed by atoms with Gasteiger partial charge in [-0.15, -0.1) is 0 Å². The molecule has 1 aromatic rings. The van der Waals surface area contributed by atoms with Gasteiger partial charge in [0.05, 0.1) is 5.02 Å². The van der Waals surface area contributed by atoms with E-state index in [1.165, 1.54) is 12.8 Å². The quantitative estimate of drug-likeness (QED) is 0.829. The molecular weight excluding hydrogens is 328 g/mol. The molecule has 1 heterocycles. The number of halogens is 1. The fourth-order valence-corrected chi connectivity index (χ4v) is 5.29. The summed E-state index contributed by atoms with van der Waals surface area (Å²) >= 11 is 7.90. The van der Waals surface area contributed by atoms with Crippen LogP contribution < -0.4 is 10.0 Å². The highest BCUT2D eigenvalue weighted by Gasteiger charge is 2.21. The van der Waals surface area contributed by atoms with Gasteiger partial charge in [-0.2, -0.15) is 11.8 Å². The maximum atomic E-state index is 12.4. The van der Waals surface area contributed by atoms with Crippen molar-refractivity contribution in [2.45, 2.75) is 36.0 Å². The monoisotopic (exact) mass is 348 g/mol. The second-order valence-corrected chi connectivity index (χ2v) is 8.69. The summed E-state index contributed by atoms with van der Waals surface area (Å²) in [5.41, 5.74) is 0.898. The standard InChI is InChI=1S/C14H21ClN2O2S2/c1-16-9-11-5-6-13(15)14(8-11)21(18,19)17-10-12-4-2-3-7-20-12/h5-6,8,12,16-17H,2-4,7,9-10H2,1H3. The van der Waals surface area contributed by atoms with Gasteiger partial charge in [-0.3, -0.25) is 0 Å². The lowest BCUT2D eigenvalue weighted by Gasteiger charge is -2.21. The zero-order valence-corrected chi connectivity index (χ0v) is 14.5. The molecule has 0 bridgehead atoms. The number of nitrogens with one attached hydrogen (secondary N) is 2. The van der Waals surface area contributed by atoms with Crippen molar-refractivity contribution in [3.05, 3.63) is 28.8 Å². The summed E-state index contributed by atoms with van der Waals surface area (Å²) in [6, 6.07) is 5.10. The zero-order valence-electron chi connectivity index (χ0n) is 12.1. The molecule has 1 fully saturated rings. The molecule has 1 atom stereocenters. The first-order valence-corrected chi connectivity index (χ1v) is 9.98. The number of hydrogen-bond donors (Lipinski definition) is 2. The van der Waals surface area contributed by atoms with Crippen molar-refractivity contribution in [1.82, 2.24) is 10.0 Å². The predicted molar refractivity (Wildman–Crippen MR) is 89.5 cm³/mol. The highest BCUT2D eigenvalue weighted by Crippen LogP contribution is 2.26. The summed E-state index contributed by atoms with van der Waals surface area (Å²) in [6.07, 6.45) is 3.48. The first-order chi connectivity index (χ1) is 10.0. The average Bonchev–Trinajstić information content (AvgIpc) is 2.48. The Balaban J connectivity index is 2.08. The van der Waals surface area contributed by atoms with E-state index in [0.29, 0.717) is 18.3 Å². The largest absolute Gasteiger partial charge is 0.316 e. The maximum absolute atomic E-state index is 12.4. The minimum absolute atomic E-state index is 0.165. The van der Waals surface area contributed by atoms with E-state index in [1.54, 1.807) is 12.1 Å². The van der Waals surface area contributed by atoms with E-state index in [9.17, 15) is 8.42 Å². The normalized spacial score (nSPS) is 19.6. The van der Waals surface area contributed by atoms with Crippen molar-refractivity contribution in [1.29, 1.82) is 0 Å². The van der Waals surface area contributed by atoms with E-state index < -0.39 is 10.0 Å². The predicted octanol–water partition coefficient (Wildman–Crippen LogP) is 2.62. The van der Waals surface area contributed by atoms with Gasteiger partial charge in [-0.1, -0.05) is 24.1 Å². The van der Waals surface area contributed by atoms with Gasteiger partial charge in [0.15, 0.2) is 0 Å². The van der Waals surface area contributed by atoms with Crippen LogP contribution in [0.5, 0.6) is 0 Å². The molecular formula is C14H21ClN2O2S2. The Labute approximate surface area is 136 Å². The SMILES string of the molecule is CNCc1ccc(Cl)c(S(=O)(=O)NCC2CCCCS2)c1. The molecule has 118 valence electrons. The lowest BCUT2D eigenvalue weighted by Crippen LogP contribution is -2.32. The number of thioether (sulfide) groups is 1. The van der Waals surface area contributed by atoms with Gasteiger partial charge >= 0.3 is 0 Å². The van der Waals surface area contributed by atoms with Crippen LogP contribution in [0.25, 0.3) is 0 Å². The molecule has 0 amide bonds. The van der Waals surface area contributed by atoms with Crippen LogP contribution in [0.2, 0.25) is 5.02 Å². The number of benzene rings is 1. The van der Waals surface area contributed by atoms with Crippen molar-refractivity contribution in [3.63, 3.8) is 0 Å². The van der Waals surface area contributed by atoms with Crippen LogP contribution in [0, 0.1) is 0 Å². The minimum atomic E-state index is -3.55. The molecule has 21 heavy (non-hydrogen) atoms. The molecule has 0 aromatic heterocycles. The summed E-state index contributed by atoms with van der Waals surface area (Å²) < 4.78 is 27.6. The lowest BCUT2D eigenvalue weighted by atomic mass is 10.2. The Kier molecular flexibility index (Phi) is 6.37. The minimum Gasteiger partial charge on any atom is -0.316 e. The first-order valence-electron chi connectivity index (χ1n) is 7.07. The fraction of sp³-hybridized carbons (Fsp3) is 0.571. The van der Waals surface area contributed by atoms with E-state index >= 15 is 0 Å². The molecule has 1 unspecified atom stereocenters. The van der Waals surface area contributed by atoms with Gasteiger partial charge < -0.3 is 5.32 Å². The van der Waals surface area contributed by atoms with Gasteiger partial charge in [0.1, 0.15) is 4.90 Å². The van der Waals surface area contributed by atoms with Crippen molar-refractivity contribution < 1.29 is 8.42 Å². The Bertz CT molecular complexity index is 572. The maximum Gasteiger partial charge on any atom is 0.242 e. The third-order valence-corrected chi connectivity index (χ3v) is 6.74. The third-order valence-electron chi connectivity index (χ3n) is 3.44. The number of sulfonamides is 1. The molecule has 0 radical (unpaired) electrons. The van der Waals surface area contributed by atoms with Crippen LogP contribution in [0.4, 0.5) is 0 Å². The first kappa shape index (κ1) is 17.1. The topological polar surface area (TPSA) is 58.2 Å². The summed E-state index contributed by atoms with van der Waals surface area (Å²) in [4.78, 5) is 0.165. The van der Waals surface area contributed by atoms with Crippen LogP contribution in [0.1, 0.15) is 24.8 Å². The highest BCUT2D eigenvalue weighted by molar-refractivity contribution is 8.00. The molecule has 2 rings (SSSR count). The van der Waals surface area contributed by atoms with E-state index in [0.717, 1.165) is 17.7 Å². The molecule has 4 nitrogen and oxygen atoms in total. The second-order valence-electron chi connectivity index (χ2n) is 5.14. The molecule has 0 spiro atoms. The second kappa shape index (κ2) is 7.83. The summed E-state index contributed by atoms with van der Waals surface area (Å²) in [5.74, 6) is 1.12. The number of rotatable bonds is 6. The van der Waals surface area contributed by atoms with Gasteiger partial charge in [0.2, 0.25) is 10.0 Å². The Morgan fingerprint density at radius 2 is 2.19 bits per heavy atom. The Morgan fingerprint density at radius 1 is 1.38 bits per heavy atom. The van der Waals surface area contributed by atoms with E-state index in [1.807, 2.05) is 24.9 Å². The summed E-state index contributed by atoms with van der Waals surface area (Å²) in [6.45, 7) is 1.08. The van der Waals surface area contributed by atoms with Crippen LogP contribution in [-0.2, 0) is 16.6 Å². The van der Waals surface area contributed by atoms with Crippen molar-refractivity contribution in [2.24, 2.45) is 0 Å². The van der Waals surface area contributed by atoms with Crippen LogP contribution in [0.3, 0.4) is 0 Å². The van der Waals surface area contributed by atoms with E-state index in [-0.39, 0.29) is 9.92 Å². The molecule has 1 aliphatic rings. The smallest absolute Gasteiger partial charge is 0.242 e. The van der Waals surface area contributed by atoms with Gasteiger partial charge in [0.25, 0.3) is 0 Å². The van der Waals surface area contributed by atoms with Crippen molar-refractivity contribution in [2.75, 3.05) is 19.3 Å². The van der Waals surface area contributed by atoms with Gasteiger partial charge in [-0.05, 0) is 43.3 Å². The molecule has 2 N–H and O–H groups in total. The third kappa shape index (κ3) is 4.86. The van der Waals surface area contributed by atoms with Crippen LogP contribution >= 0.6 is 23.4 Å². The van der Waals surface area contributed by atoms with E-state index in [4.69, 9.17) is 11.6 Å². The number of hydrogen-bond acceptors (Lipinski definition) is 4. The fourth-order valence-electron chi connectivity index (χ4n) is 2.32. The van der Waals surface area contributed by atoms with E-state index in [2.05, 4.69) is 10.0 Å². The lowest BCUT2D eigenvalue weighted by molar-refractivity contribution is 0.573. The van der Waals surface area contributed by atoms with Gasteiger partial charge in [-0.25, -0.2) is 13.1 Å².